The van der Waals surface area contributed by atoms with Gasteiger partial charge in [-0.15, -0.1) is 10.2 Å². The van der Waals surface area contributed by atoms with Crippen molar-refractivity contribution < 1.29 is 9.90 Å². The van der Waals surface area contributed by atoms with Crippen LogP contribution in [0.2, 0.25) is 0 Å². The Morgan fingerprint density at radius 1 is 1.25 bits per heavy atom. The van der Waals surface area contributed by atoms with Crippen LogP contribution in [0, 0.1) is 6.92 Å². The highest BCUT2D eigenvalue weighted by Crippen LogP contribution is 2.16. The molecule has 0 aliphatic carbocycles. The molecule has 1 atom stereocenters. The zero-order valence-electron chi connectivity index (χ0n) is 14.5. The smallest absolute Gasteiger partial charge is 0.286 e. The van der Waals surface area contributed by atoms with E-state index in [2.05, 4.69) is 34.3 Å². The second kappa shape index (κ2) is 8.32. The Morgan fingerprint density at radius 2 is 1.92 bits per heavy atom. The van der Waals surface area contributed by atoms with Gasteiger partial charge in [0.05, 0.1) is 12.6 Å². The first-order chi connectivity index (χ1) is 11.3. The standard InChI is InChI=1S/C17H24N4O2S/c1-11(2)21(9-13(4)22)10-15-19-20-17(24-15)16(23)18-14-7-5-12(3)6-8-14/h5-8,11,13,22H,9-10H2,1-4H3,(H,18,23). The number of nitrogens with zero attached hydrogens (tertiary/aromatic N) is 3. The summed E-state index contributed by atoms with van der Waals surface area (Å²) in [7, 11) is 0. The van der Waals surface area contributed by atoms with Crippen molar-refractivity contribution in [2.45, 2.75) is 46.4 Å². The number of aryl methyl sites for hydroxylation is 1. The number of aliphatic hydroxyl groups is 1. The summed E-state index contributed by atoms with van der Waals surface area (Å²) >= 11 is 1.28. The Labute approximate surface area is 146 Å². The average Bonchev–Trinajstić information content (AvgIpc) is 2.97. The number of rotatable bonds is 7. The zero-order valence-corrected chi connectivity index (χ0v) is 15.3. The maximum atomic E-state index is 12.3. The van der Waals surface area contributed by atoms with Gasteiger partial charge in [-0.3, -0.25) is 9.69 Å². The van der Waals surface area contributed by atoms with Crippen molar-refractivity contribution in [3.05, 3.63) is 39.8 Å². The van der Waals surface area contributed by atoms with Crippen LogP contribution >= 0.6 is 11.3 Å². The summed E-state index contributed by atoms with van der Waals surface area (Å²) in [5, 5.41) is 21.6. The lowest BCUT2D eigenvalue weighted by atomic mass is 10.2. The molecule has 24 heavy (non-hydrogen) atoms. The normalized spacial score (nSPS) is 12.6. The summed E-state index contributed by atoms with van der Waals surface area (Å²) in [5.41, 5.74) is 1.87. The first-order valence-corrected chi connectivity index (χ1v) is 8.79. The molecule has 0 saturated carbocycles. The van der Waals surface area contributed by atoms with Crippen LogP contribution in [0.15, 0.2) is 24.3 Å². The van der Waals surface area contributed by atoms with Crippen molar-refractivity contribution >= 4 is 22.9 Å². The van der Waals surface area contributed by atoms with Crippen molar-refractivity contribution in [1.29, 1.82) is 0 Å². The largest absolute Gasteiger partial charge is 0.392 e. The molecule has 0 fully saturated rings. The molecular formula is C17H24N4O2S. The molecule has 0 aliphatic rings. The van der Waals surface area contributed by atoms with Crippen molar-refractivity contribution in [3.63, 3.8) is 0 Å². The number of amides is 1. The van der Waals surface area contributed by atoms with Crippen LogP contribution in [0.3, 0.4) is 0 Å². The Hall–Kier alpha value is -1.83. The van der Waals surface area contributed by atoms with Gasteiger partial charge in [-0.2, -0.15) is 0 Å². The molecule has 0 spiro atoms. The molecule has 1 aromatic heterocycles. The second-order valence-corrected chi connectivity index (χ2v) is 7.26. The van der Waals surface area contributed by atoms with E-state index in [0.717, 1.165) is 16.3 Å². The number of carbonyl (C=O) groups is 1. The van der Waals surface area contributed by atoms with Crippen molar-refractivity contribution in [2.75, 3.05) is 11.9 Å². The van der Waals surface area contributed by atoms with Crippen LogP contribution in [0.5, 0.6) is 0 Å². The van der Waals surface area contributed by atoms with Gasteiger partial charge in [0.2, 0.25) is 5.01 Å². The Bertz CT molecular complexity index is 667. The summed E-state index contributed by atoms with van der Waals surface area (Å²) in [5.74, 6) is -0.255. The molecular weight excluding hydrogens is 324 g/mol. The lowest BCUT2D eigenvalue weighted by Crippen LogP contribution is -2.36. The van der Waals surface area contributed by atoms with Crippen LogP contribution < -0.4 is 5.32 Å². The highest BCUT2D eigenvalue weighted by molar-refractivity contribution is 7.13. The number of carbonyl (C=O) groups excluding carboxylic acids is 1. The third-order valence-corrected chi connectivity index (χ3v) is 4.44. The molecule has 6 nitrogen and oxygen atoms in total. The van der Waals surface area contributed by atoms with Crippen LogP contribution in [-0.4, -0.2) is 44.8 Å². The highest BCUT2D eigenvalue weighted by Gasteiger charge is 2.18. The molecule has 2 aromatic rings. The first kappa shape index (κ1) is 18.5. The topological polar surface area (TPSA) is 78.4 Å². The van der Waals surface area contributed by atoms with Crippen LogP contribution in [0.1, 0.15) is 41.1 Å². The van der Waals surface area contributed by atoms with Gasteiger partial charge >= 0.3 is 0 Å². The molecule has 0 radical (unpaired) electrons. The minimum Gasteiger partial charge on any atom is -0.392 e. The minimum atomic E-state index is -0.412. The Balaban J connectivity index is 2.01. The summed E-state index contributed by atoms with van der Waals surface area (Å²) < 4.78 is 0. The molecule has 0 bridgehead atoms. The lowest BCUT2D eigenvalue weighted by molar-refractivity contribution is 0.102. The first-order valence-electron chi connectivity index (χ1n) is 7.97. The fourth-order valence-corrected chi connectivity index (χ4v) is 2.96. The van der Waals surface area contributed by atoms with Gasteiger partial charge in [0.25, 0.3) is 5.91 Å². The van der Waals surface area contributed by atoms with E-state index in [1.807, 2.05) is 31.2 Å². The summed E-state index contributed by atoms with van der Waals surface area (Å²) in [6.45, 7) is 9.01. The SMILES string of the molecule is Cc1ccc(NC(=O)c2nnc(CN(CC(C)O)C(C)C)s2)cc1. The molecule has 2 rings (SSSR count). The van der Waals surface area contributed by atoms with Gasteiger partial charge in [-0.25, -0.2) is 0 Å². The van der Waals surface area contributed by atoms with Gasteiger partial charge < -0.3 is 10.4 Å². The maximum Gasteiger partial charge on any atom is 0.286 e. The Kier molecular flexibility index (Phi) is 6.42. The number of benzene rings is 1. The van der Waals surface area contributed by atoms with Crippen molar-refractivity contribution in [3.8, 4) is 0 Å². The molecule has 130 valence electrons. The molecule has 0 aliphatic heterocycles. The quantitative estimate of drug-likeness (QED) is 0.804. The summed E-state index contributed by atoms with van der Waals surface area (Å²) in [6.07, 6.45) is -0.412. The van der Waals surface area contributed by atoms with Crippen molar-refractivity contribution in [2.24, 2.45) is 0 Å². The van der Waals surface area contributed by atoms with Gasteiger partial charge in [0, 0.05) is 18.3 Å². The van der Waals surface area contributed by atoms with Crippen LogP contribution in [0.25, 0.3) is 0 Å². The van der Waals surface area contributed by atoms with E-state index in [1.54, 1.807) is 6.92 Å². The molecule has 1 heterocycles. The monoisotopic (exact) mass is 348 g/mol. The van der Waals surface area contributed by atoms with Gasteiger partial charge in [0.15, 0.2) is 0 Å². The lowest BCUT2D eigenvalue weighted by Gasteiger charge is -2.26. The number of nitrogens with one attached hydrogen (secondary N) is 1. The zero-order chi connectivity index (χ0) is 17.7. The Morgan fingerprint density at radius 3 is 2.50 bits per heavy atom. The minimum absolute atomic E-state index is 0.255. The van der Waals surface area contributed by atoms with E-state index in [1.165, 1.54) is 11.3 Å². The van der Waals surface area contributed by atoms with Gasteiger partial charge in [-0.1, -0.05) is 29.0 Å². The van der Waals surface area contributed by atoms with E-state index in [9.17, 15) is 9.90 Å². The molecule has 1 aromatic carbocycles. The van der Waals surface area contributed by atoms with Gasteiger partial charge in [0.1, 0.15) is 5.01 Å². The molecule has 1 amide bonds. The fraction of sp³-hybridized carbons (Fsp3) is 0.471. The molecule has 7 heteroatoms. The molecule has 1 unspecified atom stereocenters. The third-order valence-electron chi connectivity index (χ3n) is 3.54. The fourth-order valence-electron chi connectivity index (χ4n) is 2.20. The van der Waals surface area contributed by atoms with Crippen LogP contribution in [-0.2, 0) is 6.54 Å². The van der Waals surface area contributed by atoms with E-state index in [0.29, 0.717) is 18.1 Å². The molecule has 2 N–H and O–H groups in total. The summed E-state index contributed by atoms with van der Waals surface area (Å²) in [4.78, 5) is 14.4. The maximum absolute atomic E-state index is 12.3. The highest BCUT2D eigenvalue weighted by atomic mass is 32.1. The second-order valence-electron chi connectivity index (χ2n) is 6.19. The van der Waals surface area contributed by atoms with Crippen LogP contribution in [0.4, 0.5) is 5.69 Å². The van der Waals surface area contributed by atoms with E-state index < -0.39 is 6.10 Å². The number of aromatic nitrogens is 2. The summed E-state index contributed by atoms with van der Waals surface area (Å²) in [6, 6.07) is 7.87. The number of hydrogen-bond donors (Lipinski definition) is 2. The number of hydrogen-bond acceptors (Lipinski definition) is 6. The third kappa shape index (κ3) is 5.36. The van der Waals surface area contributed by atoms with Gasteiger partial charge in [-0.05, 0) is 39.8 Å². The number of aliphatic hydroxyl groups excluding tert-OH is 1. The van der Waals surface area contributed by atoms with Crippen molar-refractivity contribution in [1.82, 2.24) is 15.1 Å². The van der Waals surface area contributed by atoms with E-state index in [4.69, 9.17) is 0 Å². The molecule has 0 saturated heterocycles. The predicted octanol–water partition coefficient (Wildman–Crippen LogP) is 2.69. The van der Waals surface area contributed by atoms with E-state index >= 15 is 0 Å². The number of anilines is 1. The predicted molar refractivity (Wildman–Crippen MR) is 96.3 cm³/mol. The average molecular weight is 348 g/mol. The van der Waals surface area contributed by atoms with E-state index in [-0.39, 0.29) is 11.9 Å².